The summed E-state index contributed by atoms with van der Waals surface area (Å²) in [6, 6.07) is 12.0. The van der Waals surface area contributed by atoms with Crippen LogP contribution in [0.3, 0.4) is 0 Å². The zero-order chi connectivity index (χ0) is 29.6. The van der Waals surface area contributed by atoms with Crippen molar-refractivity contribution in [3.05, 3.63) is 47.5 Å². The topological polar surface area (TPSA) is 85.2 Å². The van der Waals surface area contributed by atoms with E-state index in [-0.39, 0.29) is 17.9 Å². The van der Waals surface area contributed by atoms with Crippen LogP contribution in [0, 0.1) is 5.41 Å². The number of unbranched alkanes of at least 4 members (excludes halogenated alkanes) is 2. The van der Waals surface area contributed by atoms with Gasteiger partial charge in [-0.15, -0.1) is 11.8 Å². The van der Waals surface area contributed by atoms with Crippen molar-refractivity contribution >= 4 is 28.3 Å². The van der Waals surface area contributed by atoms with Gasteiger partial charge in [0.25, 0.3) is 0 Å². The number of ether oxygens (including phenoxy) is 3. The van der Waals surface area contributed by atoms with Crippen molar-refractivity contribution in [2.24, 2.45) is 5.41 Å². The number of fused-ring (bicyclic) bond motifs is 1. The van der Waals surface area contributed by atoms with Crippen LogP contribution in [-0.4, -0.2) is 46.4 Å². The van der Waals surface area contributed by atoms with Crippen molar-refractivity contribution in [1.29, 1.82) is 0 Å². The Bertz CT molecular complexity index is 1120. The molecule has 3 rings (SSSR count). The van der Waals surface area contributed by atoms with Crippen LogP contribution in [-0.2, 0) is 9.53 Å². The summed E-state index contributed by atoms with van der Waals surface area (Å²) in [5.74, 6) is 1.12. The fourth-order valence-corrected chi connectivity index (χ4v) is 8.56. The number of thioether (sulfide) groups is 1. The Balaban J connectivity index is 2.15. The van der Waals surface area contributed by atoms with E-state index in [2.05, 4.69) is 26.0 Å². The lowest BCUT2D eigenvalue weighted by molar-refractivity contribution is -0.157. The number of rotatable bonds is 12. The van der Waals surface area contributed by atoms with E-state index in [4.69, 9.17) is 14.2 Å². The summed E-state index contributed by atoms with van der Waals surface area (Å²) < 4.78 is 40.6. The largest absolute Gasteiger partial charge is 0.497 e. The summed E-state index contributed by atoms with van der Waals surface area (Å²) in [6.45, 7) is 9.59. The van der Waals surface area contributed by atoms with Gasteiger partial charge in [0.1, 0.15) is 17.1 Å². The van der Waals surface area contributed by atoms with Gasteiger partial charge < -0.3 is 14.2 Å². The number of esters is 1. The van der Waals surface area contributed by atoms with Crippen LogP contribution in [0.2, 0.25) is 0 Å². The van der Waals surface area contributed by atoms with Gasteiger partial charge in [0.05, 0.1) is 12.0 Å². The van der Waals surface area contributed by atoms with E-state index < -0.39 is 22.2 Å². The van der Waals surface area contributed by atoms with Crippen molar-refractivity contribution in [2.45, 2.75) is 101 Å². The second-order valence-corrected chi connectivity index (χ2v) is 14.9. The van der Waals surface area contributed by atoms with Crippen LogP contribution >= 0.6 is 22.4 Å². The molecule has 0 bridgehead atoms. The van der Waals surface area contributed by atoms with Crippen molar-refractivity contribution < 1.29 is 28.1 Å². The van der Waals surface area contributed by atoms with Gasteiger partial charge in [-0.05, 0) is 81.0 Å². The van der Waals surface area contributed by atoms with Crippen LogP contribution in [0.1, 0.15) is 96.6 Å². The molecular weight excluding hydrogens is 544 g/mol. The molecule has 2 aromatic carbocycles. The molecule has 6 nitrogen and oxygen atoms in total. The van der Waals surface area contributed by atoms with Gasteiger partial charge in [0.2, 0.25) is 0 Å². The van der Waals surface area contributed by atoms with Crippen molar-refractivity contribution in [3.63, 3.8) is 0 Å². The molecule has 0 saturated carbocycles. The van der Waals surface area contributed by atoms with Crippen LogP contribution < -0.4 is 9.47 Å². The molecule has 0 radical (unpaired) electrons. The van der Waals surface area contributed by atoms with Gasteiger partial charge >= 0.3 is 5.97 Å². The van der Waals surface area contributed by atoms with E-state index in [0.717, 1.165) is 66.7 Å². The Morgan fingerprint density at radius 2 is 1.70 bits per heavy atom. The van der Waals surface area contributed by atoms with Crippen molar-refractivity contribution in [1.82, 2.24) is 0 Å². The zero-order valence-corrected chi connectivity index (χ0v) is 26.9. The third kappa shape index (κ3) is 8.34. The lowest BCUT2D eigenvalue weighted by atomic mass is 9.70. The van der Waals surface area contributed by atoms with E-state index in [1.165, 1.54) is 11.8 Å². The average Bonchev–Trinajstić information content (AvgIpc) is 3.00. The Kier molecular flexibility index (Phi) is 11.3. The minimum atomic E-state index is -3.15. The number of hydrogen-bond acceptors (Lipinski definition) is 7. The highest BCUT2D eigenvalue weighted by Gasteiger charge is 2.43. The molecule has 8 heteroatoms. The molecule has 1 aliphatic heterocycles. The molecule has 1 unspecified atom stereocenters. The Morgan fingerprint density at radius 3 is 2.23 bits per heavy atom. The lowest BCUT2D eigenvalue weighted by Crippen LogP contribution is -2.29. The molecule has 0 amide bonds. The quantitative estimate of drug-likeness (QED) is 0.188. The Morgan fingerprint density at radius 1 is 1.07 bits per heavy atom. The minimum Gasteiger partial charge on any atom is -0.497 e. The monoisotopic (exact) mass is 592 g/mol. The first-order chi connectivity index (χ1) is 18.9. The number of carbonyl (C=O) groups excluding carboxylic acids is 1. The molecule has 0 aliphatic carbocycles. The molecule has 0 aromatic heterocycles. The van der Waals surface area contributed by atoms with Crippen LogP contribution in [0.25, 0.3) is 0 Å². The van der Waals surface area contributed by atoms with Crippen LogP contribution in [0.15, 0.2) is 46.2 Å². The van der Waals surface area contributed by atoms with Gasteiger partial charge in [-0.1, -0.05) is 51.7 Å². The molecule has 0 saturated heterocycles. The maximum Gasteiger partial charge on any atom is 0.344 e. The molecule has 224 valence electrons. The van der Waals surface area contributed by atoms with E-state index >= 15 is 0 Å². The standard InChI is InChI=1S/C32H48O6S2/c1-8-10-16-32(17-11-9-2)20-26(23-12-14-24(36-6)15-13-23)25-18-28(39-7)27(19-29(25)40(34,35)22-32)37-21-30(33)38-31(3,4)5/h12-15,18-19,26,34-35H,8-11,16-17,20-22H2,1-7H3. The molecular formula is C32H48O6S2. The second kappa shape index (κ2) is 13.9. The van der Waals surface area contributed by atoms with E-state index in [1.54, 1.807) is 13.2 Å². The highest BCUT2D eigenvalue weighted by Crippen LogP contribution is 2.63. The van der Waals surface area contributed by atoms with Gasteiger partial charge in [0, 0.05) is 22.6 Å². The second-order valence-electron chi connectivity index (χ2n) is 12.0. The Hall–Kier alpha value is -1.87. The molecule has 0 spiro atoms. The molecule has 1 aliphatic rings. The maximum absolute atomic E-state index is 12.4. The number of carbonyl (C=O) groups is 1. The van der Waals surface area contributed by atoms with Crippen LogP contribution in [0.5, 0.6) is 11.5 Å². The van der Waals surface area contributed by atoms with Gasteiger partial charge in [-0.25, -0.2) is 4.79 Å². The summed E-state index contributed by atoms with van der Waals surface area (Å²) in [7, 11) is -1.48. The first-order valence-electron chi connectivity index (χ1n) is 14.3. The summed E-state index contributed by atoms with van der Waals surface area (Å²) >= 11 is 1.52. The third-order valence-electron chi connectivity index (χ3n) is 7.57. The van der Waals surface area contributed by atoms with Gasteiger partial charge in [-0.3, -0.25) is 9.11 Å². The first kappa shape index (κ1) is 32.6. The SMILES string of the molecule is CCCCC1(CCCC)CC(c2ccc(OC)cc2)c2cc(SC)c(OCC(=O)OC(C)(C)C)cc2S(O)(O)C1. The molecule has 2 N–H and O–H groups in total. The molecule has 2 aromatic rings. The normalized spacial score (nSPS) is 18.8. The van der Waals surface area contributed by atoms with E-state index in [1.807, 2.05) is 45.2 Å². The maximum atomic E-state index is 12.4. The van der Waals surface area contributed by atoms with Crippen LogP contribution in [0.4, 0.5) is 0 Å². The molecule has 1 atom stereocenters. The third-order valence-corrected chi connectivity index (χ3v) is 10.4. The lowest BCUT2D eigenvalue weighted by Gasteiger charge is -2.42. The van der Waals surface area contributed by atoms with E-state index in [0.29, 0.717) is 16.4 Å². The zero-order valence-electron chi connectivity index (χ0n) is 25.2. The Labute approximate surface area is 246 Å². The fraction of sp³-hybridized carbons (Fsp3) is 0.594. The van der Waals surface area contributed by atoms with Gasteiger partial charge in [0.15, 0.2) is 6.61 Å². The average molecular weight is 593 g/mol. The number of benzene rings is 2. The number of methoxy groups -OCH3 is 1. The summed E-state index contributed by atoms with van der Waals surface area (Å²) in [5, 5.41) is 0. The summed E-state index contributed by atoms with van der Waals surface area (Å²) in [5.41, 5.74) is 1.24. The van der Waals surface area contributed by atoms with Gasteiger partial charge in [-0.2, -0.15) is 10.6 Å². The summed E-state index contributed by atoms with van der Waals surface area (Å²) in [6.07, 6.45) is 8.93. The smallest absolute Gasteiger partial charge is 0.344 e. The number of hydrogen-bond donors (Lipinski definition) is 2. The first-order valence-corrected chi connectivity index (χ1v) is 17.3. The fourth-order valence-electron chi connectivity index (χ4n) is 5.71. The van der Waals surface area contributed by atoms with E-state index in [9.17, 15) is 13.9 Å². The predicted octanol–water partition coefficient (Wildman–Crippen LogP) is 9.15. The molecule has 40 heavy (non-hydrogen) atoms. The predicted molar refractivity (Wildman–Crippen MR) is 166 cm³/mol. The molecule has 0 fully saturated rings. The minimum absolute atomic E-state index is 0.0194. The van der Waals surface area contributed by atoms with Crippen molar-refractivity contribution in [3.8, 4) is 11.5 Å². The summed E-state index contributed by atoms with van der Waals surface area (Å²) in [4.78, 5) is 13.8. The highest BCUT2D eigenvalue weighted by molar-refractivity contribution is 8.24. The van der Waals surface area contributed by atoms with Crippen molar-refractivity contribution in [2.75, 3.05) is 25.7 Å². The highest BCUT2D eigenvalue weighted by atomic mass is 32.3. The molecule has 1 heterocycles.